The van der Waals surface area contributed by atoms with Crippen LogP contribution in [0.4, 0.5) is 0 Å². The molecule has 9 nitrogen and oxygen atoms in total. The second-order valence-electron chi connectivity index (χ2n) is 5.60. The molecule has 0 aliphatic heterocycles. The van der Waals surface area contributed by atoms with Crippen molar-refractivity contribution < 1.29 is 9.59 Å². The maximum atomic E-state index is 11.9. The summed E-state index contributed by atoms with van der Waals surface area (Å²) in [6, 6.07) is 13.3. The Balaban J connectivity index is 1.48. The summed E-state index contributed by atoms with van der Waals surface area (Å²) in [5.41, 5.74) is 0.203. The second kappa shape index (κ2) is 8.56. The highest BCUT2D eigenvalue weighted by molar-refractivity contribution is 5.96. The molecule has 0 fully saturated rings. The molecule has 138 valence electrons. The lowest BCUT2D eigenvalue weighted by molar-refractivity contribution is -0.120. The molecule has 0 aliphatic carbocycles. The van der Waals surface area contributed by atoms with Crippen LogP contribution in [-0.4, -0.2) is 44.5 Å². The van der Waals surface area contributed by atoms with Gasteiger partial charge in [-0.25, -0.2) is 9.36 Å². The Labute approximate surface area is 154 Å². The van der Waals surface area contributed by atoms with Crippen molar-refractivity contribution in [3.05, 3.63) is 76.8 Å². The topological polar surface area (TPSA) is 111 Å². The fraction of sp³-hybridized carbons (Fsp3) is 0.167. The van der Waals surface area contributed by atoms with Gasteiger partial charge in [0.1, 0.15) is 0 Å². The first-order chi connectivity index (χ1) is 13.1. The van der Waals surface area contributed by atoms with Crippen LogP contribution in [0.25, 0.3) is 5.82 Å². The fourth-order valence-electron chi connectivity index (χ4n) is 2.34. The smallest absolute Gasteiger partial charge is 0.266 e. The quantitative estimate of drug-likeness (QED) is 0.610. The number of benzene rings is 1. The highest BCUT2D eigenvalue weighted by Gasteiger charge is 2.08. The Bertz CT molecular complexity index is 966. The van der Waals surface area contributed by atoms with E-state index in [0.717, 1.165) is 0 Å². The van der Waals surface area contributed by atoms with Crippen LogP contribution < -0.4 is 16.2 Å². The molecule has 0 unspecified atom stereocenters. The SMILES string of the molecule is O=C(CNC(=O)c1ccccc1)NCCn1nc(-n2cccn2)ccc1=O. The summed E-state index contributed by atoms with van der Waals surface area (Å²) in [4.78, 5) is 35.6. The summed E-state index contributed by atoms with van der Waals surface area (Å²) in [5.74, 6) is -0.174. The predicted molar refractivity (Wildman–Crippen MR) is 97.4 cm³/mol. The molecule has 9 heteroatoms. The molecule has 0 bridgehead atoms. The van der Waals surface area contributed by atoms with E-state index in [0.29, 0.717) is 11.4 Å². The number of nitrogens with zero attached hydrogens (tertiary/aromatic N) is 4. The van der Waals surface area contributed by atoms with Gasteiger partial charge in [-0.1, -0.05) is 18.2 Å². The van der Waals surface area contributed by atoms with Crippen molar-refractivity contribution in [3.63, 3.8) is 0 Å². The molecule has 2 N–H and O–H groups in total. The Morgan fingerprint density at radius 2 is 1.81 bits per heavy atom. The Hall–Kier alpha value is -3.75. The minimum atomic E-state index is -0.351. The Morgan fingerprint density at radius 3 is 2.56 bits per heavy atom. The standard InChI is InChI=1S/C18H18N6O3/c25-16(13-20-18(27)14-5-2-1-3-6-14)19-10-12-24-17(26)8-7-15(22-24)23-11-4-9-21-23/h1-9,11H,10,12-13H2,(H,19,25)(H,20,27). The molecule has 3 rings (SSSR count). The highest BCUT2D eigenvalue weighted by Crippen LogP contribution is 1.98. The molecule has 2 heterocycles. The van der Waals surface area contributed by atoms with E-state index in [2.05, 4.69) is 20.8 Å². The molecular formula is C18H18N6O3. The number of nitrogens with one attached hydrogen (secondary N) is 2. The number of aromatic nitrogens is 4. The highest BCUT2D eigenvalue weighted by atomic mass is 16.2. The minimum Gasteiger partial charge on any atom is -0.353 e. The van der Waals surface area contributed by atoms with Crippen LogP contribution in [0.15, 0.2) is 65.7 Å². The fourth-order valence-corrected chi connectivity index (χ4v) is 2.34. The van der Waals surface area contributed by atoms with Crippen molar-refractivity contribution in [1.82, 2.24) is 30.2 Å². The summed E-state index contributed by atoms with van der Waals surface area (Å²) in [7, 11) is 0. The summed E-state index contributed by atoms with van der Waals surface area (Å²) in [5, 5.41) is 13.5. The van der Waals surface area contributed by atoms with Crippen LogP contribution in [0.1, 0.15) is 10.4 Å². The van der Waals surface area contributed by atoms with E-state index in [4.69, 9.17) is 0 Å². The molecule has 0 radical (unpaired) electrons. The molecule has 0 aliphatic rings. The zero-order chi connectivity index (χ0) is 19.1. The van der Waals surface area contributed by atoms with Gasteiger partial charge in [0.2, 0.25) is 5.91 Å². The van der Waals surface area contributed by atoms with Crippen LogP contribution in [0.5, 0.6) is 0 Å². The number of amides is 2. The average molecular weight is 366 g/mol. The maximum Gasteiger partial charge on any atom is 0.266 e. The van der Waals surface area contributed by atoms with Gasteiger partial charge in [0.15, 0.2) is 5.82 Å². The van der Waals surface area contributed by atoms with Gasteiger partial charge in [-0.3, -0.25) is 14.4 Å². The molecule has 2 amide bonds. The lowest BCUT2D eigenvalue weighted by Crippen LogP contribution is -2.39. The number of hydrogen-bond donors (Lipinski definition) is 2. The first kappa shape index (κ1) is 18.1. The van der Waals surface area contributed by atoms with Crippen LogP contribution in [0.3, 0.4) is 0 Å². The molecule has 0 atom stereocenters. The van der Waals surface area contributed by atoms with Crippen molar-refractivity contribution in [2.45, 2.75) is 6.54 Å². The molecule has 27 heavy (non-hydrogen) atoms. The Morgan fingerprint density at radius 1 is 1.00 bits per heavy atom. The third kappa shape index (κ3) is 4.88. The predicted octanol–water partition coefficient (Wildman–Crippen LogP) is -0.0248. The van der Waals surface area contributed by atoms with Crippen molar-refractivity contribution in [2.24, 2.45) is 0 Å². The van der Waals surface area contributed by atoms with Crippen LogP contribution in [0.2, 0.25) is 0 Å². The number of rotatable bonds is 7. The van der Waals surface area contributed by atoms with Crippen LogP contribution in [-0.2, 0) is 11.3 Å². The van der Waals surface area contributed by atoms with Gasteiger partial charge in [-0.2, -0.15) is 5.10 Å². The molecule has 0 saturated carbocycles. The van der Waals surface area contributed by atoms with E-state index < -0.39 is 0 Å². The summed E-state index contributed by atoms with van der Waals surface area (Å²) >= 11 is 0. The molecule has 1 aromatic carbocycles. The van der Waals surface area contributed by atoms with Gasteiger partial charge in [-0.15, -0.1) is 5.10 Å². The first-order valence-corrected chi connectivity index (χ1v) is 8.31. The second-order valence-corrected chi connectivity index (χ2v) is 5.60. The van der Waals surface area contributed by atoms with E-state index >= 15 is 0 Å². The largest absolute Gasteiger partial charge is 0.353 e. The number of hydrogen-bond acceptors (Lipinski definition) is 5. The summed E-state index contributed by atoms with van der Waals surface area (Å²) in [6.45, 7) is 0.255. The van der Waals surface area contributed by atoms with Crippen molar-refractivity contribution in [1.29, 1.82) is 0 Å². The molecular weight excluding hydrogens is 348 g/mol. The van der Waals surface area contributed by atoms with Crippen molar-refractivity contribution in [2.75, 3.05) is 13.1 Å². The maximum absolute atomic E-state index is 11.9. The van der Waals surface area contributed by atoms with Crippen LogP contribution >= 0.6 is 0 Å². The number of carbonyl (C=O) groups is 2. The lowest BCUT2D eigenvalue weighted by atomic mass is 10.2. The monoisotopic (exact) mass is 366 g/mol. The van der Waals surface area contributed by atoms with Crippen molar-refractivity contribution >= 4 is 11.8 Å². The molecule has 2 aromatic heterocycles. The molecule has 0 spiro atoms. The average Bonchev–Trinajstić information content (AvgIpc) is 3.23. The van der Waals surface area contributed by atoms with E-state index in [1.807, 2.05) is 0 Å². The van der Waals surface area contributed by atoms with Gasteiger partial charge >= 0.3 is 0 Å². The molecule has 0 saturated heterocycles. The van der Waals surface area contributed by atoms with E-state index in [1.54, 1.807) is 54.9 Å². The number of carbonyl (C=O) groups excluding carboxylic acids is 2. The normalized spacial score (nSPS) is 10.4. The van der Waals surface area contributed by atoms with E-state index in [9.17, 15) is 14.4 Å². The first-order valence-electron chi connectivity index (χ1n) is 8.31. The summed E-state index contributed by atoms with van der Waals surface area (Å²) < 4.78 is 2.79. The van der Waals surface area contributed by atoms with E-state index in [1.165, 1.54) is 15.4 Å². The van der Waals surface area contributed by atoms with Gasteiger partial charge in [-0.05, 0) is 24.3 Å². The lowest BCUT2D eigenvalue weighted by Gasteiger charge is -2.09. The molecule has 3 aromatic rings. The zero-order valence-corrected chi connectivity index (χ0v) is 14.4. The van der Waals surface area contributed by atoms with Gasteiger partial charge in [0.05, 0.1) is 13.1 Å². The van der Waals surface area contributed by atoms with Gasteiger partial charge in [0.25, 0.3) is 11.5 Å². The van der Waals surface area contributed by atoms with E-state index in [-0.39, 0.29) is 37.0 Å². The van der Waals surface area contributed by atoms with Crippen LogP contribution in [0, 0.1) is 0 Å². The summed E-state index contributed by atoms with van der Waals surface area (Å²) in [6.07, 6.45) is 3.33. The van der Waals surface area contributed by atoms with Gasteiger partial charge in [0, 0.05) is 30.6 Å². The van der Waals surface area contributed by atoms with Gasteiger partial charge < -0.3 is 10.6 Å². The third-order valence-corrected chi connectivity index (χ3v) is 3.68. The minimum absolute atomic E-state index is 0.149. The third-order valence-electron chi connectivity index (χ3n) is 3.68. The zero-order valence-electron chi connectivity index (χ0n) is 14.4. The van der Waals surface area contributed by atoms with Crippen molar-refractivity contribution in [3.8, 4) is 5.82 Å². The Kier molecular flexibility index (Phi) is 5.73.